The molecule has 2 rings (SSSR count). The molecule has 0 unspecified atom stereocenters. The van der Waals surface area contributed by atoms with E-state index in [1.54, 1.807) is 0 Å². The molecule has 0 N–H and O–H groups in total. The smallest absolute Gasteiger partial charge is 0.0685 e. The van der Waals surface area contributed by atoms with Crippen molar-refractivity contribution in [3.8, 4) is 0 Å². The van der Waals surface area contributed by atoms with Gasteiger partial charge in [-0.15, -0.1) is 0 Å². The van der Waals surface area contributed by atoms with Gasteiger partial charge in [0.15, 0.2) is 0 Å². The van der Waals surface area contributed by atoms with Crippen molar-refractivity contribution in [2.75, 3.05) is 0 Å². The van der Waals surface area contributed by atoms with Crippen LogP contribution in [0.15, 0.2) is 23.2 Å². The number of nitrogens with zero attached hydrogens (tertiary/aromatic N) is 1. The number of rotatable bonds is 0. The quantitative estimate of drug-likeness (QED) is 0.596. The first kappa shape index (κ1) is 8.76. The molecule has 1 nitrogen and oxygen atoms in total. The zero-order valence-corrected chi connectivity index (χ0v) is 8.81. The molecule has 0 aromatic heterocycles. The molecule has 0 atom stereocenters. The highest BCUT2D eigenvalue weighted by Gasteiger charge is 2.33. The Hall–Kier alpha value is -0.820. The Morgan fingerprint density at radius 1 is 1.31 bits per heavy atom. The van der Waals surface area contributed by atoms with Crippen LogP contribution in [0.4, 0.5) is 5.69 Å². The highest BCUT2D eigenvalue weighted by molar-refractivity contribution is 6.32. The SMILES string of the molecule is CC1=Nc2cccc(Cl)c2C1(C)C. The Morgan fingerprint density at radius 2 is 2.00 bits per heavy atom. The molecule has 13 heavy (non-hydrogen) atoms. The summed E-state index contributed by atoms with van der Waals surface area (Å²) in [6.07, 6.45) is 0. The van der Waals surface area contributed by atoms with Crippen molar-refractivity contribution in [1.29, 1.82) is 0 Å². The third kappa shape index (κ3) is 1.11. The minimum atomic E-state index is -0.00627. The summed E-state index contributed by atoms with van der Waals surface area (Å²) in [4.78, 5) is 4.50. The van der Waals surface area contributed by atoms with Crippen LogP contribution in [-0.4, -0.2) is 5.71 Å². The van der Waals surface area contributed by atoms with Crippen LogP contribution in [0.25, 0.3) is 0 Å². The molecule has 1 aromatic rings. The summed E-state index contributed by atoms with van der Waals surface area (Å²) in [6.45, 7) is 6.36. The van der Waals surface area contributed by atoms with Crippen LogP contribution >= 0.6 is 11.6 Å². The van der Waals surface area contributed by atoms with E-state index in [-0.39, 0.29) is 5.41 Å². The Labute approximate surface area is 83.4 Å². The van der Waals surface area contributed by atoms with Gasteiger partial charge in [-0.25, -0.2) is 0 Å². The lowest BCUT2D eigenvalue weighted by molar-refractivity contribution is 0.733. The average Bonchev–Trinajstić information content (AvgIpc) is 2.24. The third-order valence-electron chi connectivity index (χ3n) is 2.81. The van der Waals surface area contributed by atoms with E-state index in [9.17, 15) is 0 Å². The summed E-state index contributed by atoms with van der Waals surface area (Å²) in [5, 5.41) is 0.822. The first-order valence-corrected chi connectivity index (χ1v) is 4.76. The van der Waals surface area contributed by atoms with Gasteiger partial charge in [0.2, 0.25) is 0 Å². The Balaban J connectivity index is 2.72. The second kappa shape index (κ2) is 2.58. The normalized spacial score (nSPS) is 18.3. The van der Waals surface area contributed by atoms with Crippen molar-refractivity contribution in [2.24, 2.45) is 4.99 Å². The van der Waals surface area contributed by atoms with Gasteiger partial charge in [0.05, 0.1) is 5.69 Å². The number of benzene rings is 1. The van der Waals surface area contributed by atoms with Crippen molar-refractivity contribution < 1.29 is 0 Å². The van der Waals surface area contributed by atoms with E-state index in [0.717, 1.165) is 22.0 Å². The van der Waals surface area contributed by atoms with Gasteiger partial charge < -0.3 is 0 Å². The molecule has 0 fully saturated rings. The number of hydrogen-bond acceptors (Lipinski definition) is 1. The van der Waals surface area contributed by atoms with Crippen LogP contribution in [-0.2, 0) is 5.41 Å². The Morgan fingerprint density at radius 3 is 2.62 bits per heavy atom. The van der Waals surface area contributed by atoms with Crippen molar-refractivity contribution in [2.45, 2.75) is 26.2 Å². The van der Waals surface area contributed by atoms with Crippen LogP contribution in [0, 0.1) is 0 Å². The van der Waals surface area contributed by atoms with Crippen molar-refractivity contribution in [3.63, 3.8) is 0 Å². The molecule has 0 aliphatic carbocycles. The van der Waals surface area contributed by atoms with E-state index in [2.05, 4.69) is 25.8 Å². The maximum absolute atomic E-state index is 6.15. The monoisotopic (exact) mass is 193 g/mol. The van der Waals surface area contributed by atoms with Crippen LogP contribution in [0.3, 0.4) is 0 Å². The van der Waals surface area contributed by atoms with Crippen LogP contribution in [0.1, 0.15) is 26.3 Å². The average molecular weight is 194 g/mol. The lowest BCUT2D eigenvalue weighted by Crippen LogP contribution is -2.22. The van der Waals surface area contributed by atoms with Gasteiger partial charge in [0.1, 0.15) is 0 Å². The zero-order valence-electron chi connectivity index (χ0n) is 8.06. The molecule has 0 amide bonds. The molecule has 0 saturated heterocycles. The highest BCUT2D eigenvalue weighted by atomic mass is 35.5. The van der Waals surface area contributed by atoms with Gasteiger partial charge in [0, 0.05) is 21.7 Å². The summed E-state index contributed by atoms with van der Waals surface area (Å²) in [5.74, 6) is 0. The minimum absolute atomic E-state index is 0.00627. The lowest BCUT2D eigenvalue weighted by atomic mass is 9.82. The van der Waals surface area contributed by atoms with Crippen molar-refractivity contribution in [3.05, 3.63) is 28.8 Å². The zero-order chi connectivity index (χ0) is 9.64. The molecule has 0 saturated carbocycles. The van der Waals surface area contributed by atoms with Crippen LogP contribution < -0.4 is 0 Å². The molecule has 0 radical (unpaired) electrons. The Bertz CT molecular complexity index is 391. The predicted molar refractivity (Wildman–Crippen MR) is 57.2 cm³/mol. The molecule has 0 spiro atoms. The van der Waals surface area contributed by atoms with Gasteiger partial charge in [-0.3, -0.25) is 4.99 Å². The van der Waals surface area contributed by atoms with E-state index in [4.69, 9.17) is 11.6 Å². The molecule has 68 valence electrons. The molecule has 2 heteroatoms. The van der Waals surface area contributed by atoms with Crippen molar-refractivity contribution in [1.82, 2.24) is 0 Å². The molecule has 0 bridgehead atoms. The maximum Gasteiger partial charge on any atom is 0.0685 e. The fraction of sp³-hybridized carbons (Fsp3) is 0.364. The number of hydrogen-bond donors (Lipinski definition) is 0. The summed E-state index contributed by atoms with van der Waals surface area (Å²) in [7, 11) is 0. The van der Waals surface area contributed by atoms with Crippen LogP contribution in [0.2, 0.25) is 5.02 Å². The topological polar surface area (TPSA) is 12.4 Å². The van der Waals surface area contributed by atoms with Gasteiger partial charge in [-0.05, 0) is 19.1 Å². The first-order valence-electron chi connectivity index (χ1n) is 4.38. The largest absolute Gasteiger partial charge is 0.257 e. The van der Waals surface area contributed by atoms with Gasteiger partial charge >= 0.3 is 0 Å². The summed E-state index contributed by atoms with van der Waals surface area (Å²) >= 11 is 6.15. The summed E-state index contributed by atoms with van der Waals surface area (Å²) in [5.41, 5.74) is 3.31. The molecule has 1 aromatic carbocycles. The van der Waals surface area contributed by atoms with Crippen LogP contribution in [0.5, 0.6) is 0 Å². The second-order valence-corrected chi connectivity index (χ2v) is 4.36. The first-order chi connectivity index (χ1) is 6.03. The lowest BCUT2D eigenvalue weighted by Gasteiger charge is -2.20. The predicted octanol–water partition coefficient (Wildman–Crippen LogP) is 3.72. The molecular formula is C11H12ClN. The van der Waals surface area contributed by atoms with E-state index < -0.39 is 0 Å². The van der Waals surface area contributed by atoms with Gasteiger partial charge in [-0.1, -0.05) is 31.5 Å². The summed E-state index contributed by atoms with van der Waals surface area (Å²) in [6, 6.07) is 5.88. The van der Waals surface area contributed by atoms with E-state index in [0.29, 0.717) is 0 Å². The Kier molecular flexibility index (Phi) is 1.74. The fourth-order valence-corrected chi connectivity index (χ4v) is 2.13. The molecule has 1 aliphatic rings. The number of halogens is 1. The number of aliphatic imine (C=N–C) groups is 1. The summed E-state index contributed by atoms with van der Waals surface area (Å²) < 4.78 is 0. The molecule has 1 heterocycles. The fourth-order valence-electron chi connectivity index (χ4n) is 1.73. The minimum Gasteiger partial charge on any atom is -0.257 e. The molecular weight excluding hydrogens is 182 g/mol. The number of fused-ring (bicyclic) bond motifs is 1. The van der Waals surface area contributed by atoms with Gasteiger partial charge in [-0.2, -0.15) is 0 Å². The molecule has 1 aliphatic heterocycles. The third-order valence-corrected chi connectivity index (χ3v) is 3.12. The maximum atomic E-state index is 6.15. The highest BCUT2D eigenvalue weighted by Crippen LogP contribution is 2.43. The van der Waals surface area contributed by atoms with E-state index in [1.165, 1.54) is 0 Å². The van der Waals surface area contributed by atoms with E-state index in [1.807, 2.05) is 18.2 Å². The standard InChI is InChI=1S/C11H12ClN/c1-7-11(2,3)10-8(12)5-4-6-9(10)13-7/h4-6H,1-3H3. The van der Waals surface area contributed by atoms with E-state index >= 15 is 0 Å². The van der Waals surface area contributed by atoms with Gasteiger partial charge in [0.25, 0.3) is 0 Å². The van der Waals surface area contributed by atoms with Crippen molar-refractivity contribution >= 4 is 23.0 Å². The second-order valence-electron chi connectivity index (χ2n) is 3.96.